The Balaban J connectivity index is 1.70. The molecule has 4 aromatic rings. The van der Waals surface area contributed by atoms with Crippen molar-refractivity contribution in [1.82, 2.24) is 4.98 Å². The molecule has 1 unspecified atom stereocenters. The van der Waals surface area contributed by atoms with E-state index in [4.69, 9.17) is 0 Å². The molecule has 0 saturated heterocycles. The molecule has 0 spiro atoms. The summed E-state index contributed by atoms with van der Waals surface area (Å²) in [5.74, 6) is 0.253. The van der Waals surface area contributed by atoms with Gasteiger partial charge in [0.15, 0.2) is 5.78 Å². The minimum atomic E-state index is 0.0837. The number of aromatic nitrogens is 1. The minimum Gasteiger partial charge on any atom is -0.358 e. The number of hydrogen-bond acceptors (Lipinski definition) is 1. The summed E-state index contributed by atoms with van der Waals surface area (Å²) < 4.78 is 0. The molecule has 2 nitrogen and oxygen atoms in total. The highest BCUT2D eigenvalue weighted by molar-refractivity contribution is 5.96. The summed E-state index contributed by atoms with van der Waals surface area (Å²) >= 11 is 0. The lowest BCUT2D eigenvalue weighted by molar-refractivity contribution is 0.0975. The molecule has 0 radical (unpaired) electrons. The number of ketones is 1. The summed E-state index contributed by atoms with van der Waals surface area (Å²) in [5.41, 5.74) is 6.42. The lowest BCUT2D eigenvalue weighted by Gasteiger charge is -2.13. The zero-order chi connectivity index (χ0) is 19.3. The molecule has 0 saturated carbocycles. The fourth-order valence-electron chi connectivity index (χ4n) is 3.61. The molecule has 138 valence electrons. The lowest BCUT2D eigenvalue weighted by atomic mass is 9.93. The molecule has 0 bridgehead atoms. The van der Waals surface area contributed by atoms with Gasteiger partial charge in [0.1, 0.15) is 0 Å². The summed E-state index contributed by atoms with van der Waals surface area (Å²) in [6.07, 6.45) is 0.471. The summed E-state index contributed by atoms with van der Waals surface area (Å²) in [4.78, 5) is 16.3. The zero-order valence-corrected chi connectivity index (χ0v) is 15.9. The average Bonchev–Trinajstić information content (AvgIpc) is 3.21. The third-order valence-electron chi connectivity index (χ3n) is 5.10. The molecular weight excluding hydrogens is 342 g/mol. The number of hydrogen-bond donors (Lipinski definition) is 1. The monoisotopic (exact) mass is 365 g/mol. The predicted molar refractivity (Wildman–Crippen MR) is 115 cm³/mol. The number of nitrogens with one attached hydrogen (secondary N) is 1. The standard InChI is InChI=1S/C26H23NO/c1-19(17-25(28)22-15-9-4-10-16-22)26-23(20-11-5-2-6-12-20)18-24(27-26)21-13-7-3-8-14-21/h2-16,18-19,27H,17H2,1H3. The normalized spacial score (nSPS) is 11.9. The van der Waals surface area contributed by atoms with Crippen LogP contribution in [0.1, 0.15) is 35.3 Å². The Bertz CT molecular complexity index is 1050. The number of aromatic amines is 1. The van der Waals surface area contributed by atoms with E-state index in [0.29, 0.717) is 6.42 Å². The number of carbonyl (C=O) groups excluding carboxylic acids is 1. The molecule has 0 aliphatic heterocycles. The summed E-state index contributed by atoms with van der Waals surface area (Å²) in [6, 6.07) is 32.4. The molecule has 28 heavy (non-hydrogen) atoms. The quantitative estimate of drug-likeness (QED) is 0.378. The summed E-state index contributed by atoms with van der Waals surface area (Å²) in [5, 5.41) is 0. The zero-order valence-electron chi connectivity index (χ0n) is 15.9. The number of H-pyrrole nitrogens is 1. The fourth-order valence-corrected chi connectivity index (χ4v) is 3.61. The van der Waals surface area contributed by atoms with E-state index < -0.39 is 0 Å². The van der Waals surface area contributed by atoms with Crippen molar-refractivity contribution >= 4 is 5.78 Å². The Morgan fingerprint density at radius 1 is 0.786 bits per heavy atom. The molecule has 2 heteroatoms. The topological polar surface area (TPSA) is 32.9 Å². The van der Waals surface area contributed by atoms with Gasteiger partial charge in [-0.15, -0.1) is 0 Å². The first-order valence-electron chi connectivity index (χ1n) is 9.64. The van der Waals surface area contributed by atoms with Crippen molar-refractivity contribution in [3.8, 4) is 22.4 Å². The van der Waals surface area contributed by atoms with Crippen molar-refractivity contribution in [2.45, 2.75) is 19.3 Å². The first kappa shape index (κ1) is 18.0. The number of carbonyl (C=O) groups is 1. The van der Waals surface area contributed by atoms with E-state index in [0.717, 1.165) is 33.6 Å². The maximum atomic E-state index is 12.7. The molecule has 1 heterocycles. The molecule has 1 aromatic heterocycles. The molecular formula is C26H23NO. The molecule has 3 aromatic carbocycles. The van der Waals surface area contributed by atoms with Crippen LogP contribution >= 0.6 is 0 Å². The average molecular weight is 365 g/mol. The van der Waals surface area contributed by atoms with Crippen LogP contribution in [0.3, 0.4) is 0 Å². The van der Waals surface area contributed by atoms with Crippen molar-refractivity contribution < 1.29 is 4.79 Å². The minimum absolute atomic E-state index is 0.0837. The number of benzene rings is 3. The van der Waals surface area contributed by atoms with Gasteiger partial charge in [-0.2, -0.15) is 0 Å². The van der Waals surface area contributed by atoms with Gasteiger partial charge in [-0.3, -0.25) is 4.79 Å². The highest BCUT2D eigenvalue weighted by Crippen LogP contribution is 2.35. The number of rotatable bonds is 6. The second kappa shape index (κ2) is 8.10. The van der Waals surface area contributed by atoms with Gasteiger partial charge in [-0.05, 0) is 17.2 Å². The molecule has 1 atom stereocenters. The Kier molecular flexibility index (Phi) is 5.20. The van der Waals surface area contributed by atoms with Crippen molar-refractivity contribution in [2.75, 3.05) is 0 Å². The van der Waals surface area contributed by atoms with E-state index in [2.05, 4.69) is 42.2 Å². The Labute approximate surface area is 165 Å². The Morgan fingerprint density at radius 3 is 1.93 bits per heavy atom. The van der Waals surface area contributed by atoms with Crippen molar-refractivity contribution in [3.63, 3.8) is 0 Å². The van der Waals surface area contributed by atoms with Gasteiger partial charge >= 0.3 is 0 Å². The van der Waals surface area contributed by atoms with E-state index >= 15 is 0 Å². The molecule has 0 amide bonds. The van der Waals surface area contributed by atoms with Crippen LogP contribution in [0.25, 0.3) is 22.4 Å². The van der Waals surface area contributed by atoms with E-state index in [1.807, 2.05) is 66.7 Å². The van der Waals surface area contributed by atoms with Gasteiger partial charge in [-0.25, -0.2) is 0 Å². The Morgan fingerprint density at radius 2 is 1.32 bits per heavy atom. The van der Waals surface area contributed by atoms with E-state index in [1.54, 1.807) is 0 Å². The van der Waals surface area contributed by atoms with Crippen molar-refractivity contribution in [1.29, 1.82) is 0 Å². The van der Waals surface area contributed by atoms with Gasteiger partial charge in [0.25, 0.3) is 0 Å². The molecule has 4 rings (SSSR count). The highest BCUT2D eigenvalue weighted by atomic mass is 16.1. The molecule has 0 aliphatic rings. The van der Waals surface area contributed by atoms with Gasteiger partial charge < -0.3 is 4.98 Å². The highest BCUT2D eigenvalue weighted by Gasteiger charge is 2.20. The summed E-state index contributed by atoms with van der Waals surface area (Å²) in [6.45, 7) is 2.12. The van der Waals surface area contributed by atoms with Gasteiger partial charge in [0, 0.05) is 34.9 Å². The molecule has 0 aliphatic carbocycles. The van der Waals surface area contributed by atoms with Crippen LogP contribution in [0.4, 0.5) is 0 Å². The maximum absolute atomic E-state index is 12.7. The van der Waals surface area contributed by atoms with Crippen LogP contribution < -0.4 is 0 Å². The van der Waals surface area contributed by atoms with Crippen molar-refractivity contribution in [2.24, 2.45) is 0 Å². The second-order valence-corrected chi connectivity index (χ2v) is 7.14. The third-order valence-corrected chi connectivity index (χ3v) is 5.10. The fraction of sp³-hybridized carbons (Fsp3) is 0.115. The van der Waals surface area contributed by atoms with E-state index in [9.17, 15) is 4.79 Å². The van der Waals surface area contributed by atoms with Crippen LogP contribution in [0.15, 0.2) is 97.1 Å². The first-order chi connectivity index (χ1) is 13.7. The SMILES string of the molecule is CC(CC(=O)c1ccccc1)c1[nH]c(-c2ccccc2)cc1-c1ccccc1. The Hall–Kier alpha value is -3.39. The number of Topliss-reactive ketones (excluding diaryl/α,β-unsaturated/α-hetero) is 1. The second-order valence-electron chi connectivity index (χ2n) is 7.14. The molecule has 1 N–H and O–H groups in total. The van der Waals surface area contributed by atoms with Gasteiger partial charge in [-0.1, -0.05) is 97.9 Å². The van der Waals surface area contributed by atoms with E-state index in [1.165, 1.54) is 0 Å². The van der Waals surface area contributed by atoms with Crippen LogP contribution in [0, 0.1) is 0 Å². The van der Waals surface area contributed by atoms with Gasteiger partial charge in [0.2, 0.25) is 0 Å². The van der Waals surface area contributed by atoms with Crippen LogP contribution in [-0.4, -0.2) is 10.8 Å². The predicted octanol–water partition coefficient (Wildman–Crippen LogP) is 6.73. The third kappa shape index (κ3) is 3.81. The van der Waals surface area contributed by atoms with Crippen LogP contribution in [0.5, 0.6) is 0 Å². The molecule has 0 fully saturated rings. The summed E-state index contributed by atoms with van der Waals surface area (Å²) in [7, 11) is 0. The van der Waals surface area contributed by atoms with Crippen molar-refractivity contribution in [3.05, 3.63) is 108 Å². The lowest BCUT2D eigenvalue weighted by Crippen LogP contribution is -2.06. The first-order valence-corrected chi connectivity index (χ1v) is 9.64. The largest absolute Gasteiger partial charge is 0.358 e. The van der Waals surface area contributed by atoms with Crippen LogP contribution in [-0.2, 0) is 0 Å². The smallest absolute Gasteiger partial charge is 0.163 e. The maximum Gasteiger partial charge on any atom is 0.163 e. The van der Waals surface area contributed by atoms with Crippen LogP contribution in [0.2, 0.25) is 0 Å². The van der Waals surface area contributed by atoms with E-state index in [-0.39, 0.29) is 11.7 Å². The van der Waals surface area contributed by atoms with Gasteiger partial charge in [0.05, 0.1) is 0 Å².